The van der Waals surface area contributed by atoms with E-state index in [9.17, 15) is 13.6 Å². The Morgan fingerprint density at radius 2 is 2.00 bits per heavy atom. The van der Waals surface area contributed by atoms with Gasteiger partial charge in [0.2, 0.25) is 5.95 Å². The number of nitrogens with zero attached hydrogens (tertiary/aromatic N) is 5. The number of benzene rings is 1. The second kappa shape index (κ2) is 10.3. The Labute approximate surface area is 219 Å². The number of alkyl halides is 2. The zero-order valence-electron chi connectivity index (χ0n) is 21.2. The standard InChI is InChI=1S/C28H28F2N6O2/c1-28(2)9-5-22-20(28)13-19(16-33-22)21-6-10-32-27(34-21)35-23-4-3-18(14-24(23)38-26(29)30)25(37)36-11-7-17(15-31)8-12-36/h3-4,6,10,13-14,16-17,26H,5,7-9,11-12H2,1-2H3,(H,32,34,35). The molecule has 3 heterocycles. The lowest BCUT2D eigenvalue weighted by atomic mass is 9.86. The van der Waals surface area contributed by atoms with E-state index in [0.717, 1.165) is 24.1 Å². The van der Waals surface area contributed by atoms with Gasteiger partial charge in [-0.25, -0.2) is 9.97 Å². The van der Waals surface area contributed by atoms with Gasteiger partial charge in [-0.05, 0) is 67.0 Å². The lowest BCUT2D eigenvalue weighted by molar-refractivity contribution is -0.0494. The van der Waals surface area contributed by atoms with Crippen LogP contribution < -0.4 is 10.1 Å². The molecule has 0 bridgehead atoms. The summed E-state index contributed by atoms with van der Waals surface area (Å²) in [6, 6.07) is 10.4. The number of amides is 1. The van der Waals surface area contributed by atoms with E-state index in [2.05, 4.69) is 46.3 Å². The topological polar surface area (TPSA) is 104 Å². The van der Waals surface area contributed by atoms with Crippen molar-refractivity contribution in [3.05, 3.63) is 59.5 Å². The monoisotopic (exact) mass is 518 g/mol. The fourth-order valence-electron chi connectivity index (χ4n) is 5.03. The fourth-order valence-corrected chi connectivity index (χ4v) is 5.03. The van der Waals surface area contributed by atoms with Crippen molar-refractivity contribution in [1.82, 2.24) is 19.9 Å². The normalized spacial score (nSPS) is 16.7. The van der Waals surface area contributed by atoms with Crippen LogP contribution in [0.3, 0.4) is 0 Å². The number of rotatable bonds is 6. The molecule has 1 aromatic carbocycles. The summed E-state index contributed by atoms with van der Waals surface area (Å²) in [6.07, 6.45) is 6.54. The van der Waals surface area contributed by atoms with E-state index >= 15 is 0 Å². The number of hydrogen-bond donors (Lipinski definition) is 1. The van der Waals surface area contributed by atoms with Crippen molar-refractivity contribution in [3.63, 3.8) is 0 Å². The Kier molecular flexibility index (Phi) is 6.93. The third-order valence-corrected chi connectivity index (χ3v) is 7.29. The van der Waals surface area contributed by atoms with Gasteiger partial charge in [-0.1, -0.05) is 13.8 Å². The number of carbonyl (C=O) groups is 1. The molecule has 5 rings (SSSR count). The Hall–Kier alpha value is -4.13. The Bertz CT molecular complexity index is 1400. The molecule has 2 aliphatic rings. The first-order valence-electron chi connectivity index (χ1n) is 12.6. The van der Waals surface area contributed by atoms with Crippen molar-refractivity contribution >= 4 is 17.5 Å². The van der Waals surface area contributed by atoms with Crippen LogP contribution in [0.25, 0.3) is 11.3 Å². The summed E-state index contributed by atoms with van der Waals surface area (Å²) in [5.41, 5.74) is 4.26. The van der Waals surface area contributed by atoms with E-state index in [0.29, 0.717) is 31.6 Å². The van der Waals surface area contributed by atoms with Crippen molar-refractivity contribution < 1.29 is 18.3 Å². The van der Waals surface area contributed by atoms with E-state index < -0.39 is 6.61 Å². The zero-order chi connectivity index (χ0) is 26.9. The van der Waals surface area contributed by atoms with Crippen LogP contribution in [0.2, 0.25) is 0 Å². The molecule has 0 radical (unpaired) electrons. The van der Waals surface area contributed by atoms with Crippen molar-refractivity contribution in [2.24, 2.45) is 5.92 Å². The Morgan fingerprint density at radius 3 is 2.74 bits per heavy atom. The number of pyridine rings is 1. The van der Waals surface area contributed by atoms with Crippen molar-refractivity contribution in [3.8, 4) is 23.1 Å². The summed E-state index contributed by atoms with van der Waals surface area (Å²) >= 11 is 0. The molecule has 0 unspecified atom stereocenters. The van der Waals surface area contributed by atoms with Gasteiger partial charge in [0, 0.05) is 48.2 Å². The van der Waals surface area contributed by atoms with Crippen LogP contribution in [0.4, 0.5) is 20.4 Å². The van der Waals surface area contributed by atoms with Gasteiger partial charge in [0.05, 0.1) is 17.5 Å². The summed E-state index contributed by atoms with van der Waals surface area (Å²) < 4.78 is 31.2. The van der Waals surface area contributed by atoms with Crippen LogP contribution in [0.5, 0.6) is 5.75 Å². The van der Waals surface area contributed by atoms with Crippen LogP contribution >= 0.6 is 0 Å². The quantitative estimate of drug-likeness (QED) is 0.461. The minimum Gasteiger partial charge on any atom is -0.433 e. The average molecular weight is 519 g/mol. The van der Waals surface area contributed by atoms with Gasteiger partial charge in [-0.2, -0.15) is 14.0 Å². The molecule has 2 aromatic heterocycles. The first-order valence-corrected chi connectivity index (χ1v) is 12.6. The van der Waals surface area contributed by atoms with Gasteiger partial charge in [-0.15, -0.1) is 0 Å². The Morgan fingerprint density at radius 1 is 1.21 bits per heavy atom. The summed E-state index contributed by atoms with van der Waals surface area (Å²) in [7, 11) is 0. The highest BCUT2D eigenvalue weighted by Gasteiger charge is 2.31. The number of carbonyl (C=O) groups excluding carboxylic acids is 1. The number of aryl methyl sites for hydroxylation is 1. The first kappa shape index (κ1) is 25.5. The largest absolute Gasteiger partial charge is 0.433 e. The zero-order valence-corrected chi connectivity index (χ0v) is 21.2. The number of anilines is 2. The molecule has 1 fully saturated rings. The minimum absolute atomic E-state index is 0.0404. The van der Waals surface area contributed by atoms with Crippen LogP contribution in [0.1, 0.15) is 54.7 Å². The molecular weight excluding hydrogens is 490 g/mol. The summed E-state index contributed by atoms with van der Waals surface area (Å²) in [4.78, 5) is 28.0. The van der Waals surface area contributed by atoms with E-state index in [1.54, 1.807) is 29.4 Å². The third-order valence-electron chi connectivity index (χ3n) is 7.29. The molecule has 8 nitrogen and oxygen atoms in total. The van der Waals surface area contributed by atoms with E-state index in [4.69, 9.17) is 10.00 Å². The molecule has 1 aliphatic heterocycles. The molecule has 0 saturated carbocycles. The van der Waals surface area contributed by atoms with Gasteiger partial charge < -0.3 is 15.0 Å². The van der Waals surface area contributed by atoms with Crippen molar-refractivity contribution in [1.29, 1.82) is 5.26 Å². The molecule has 1 saturated heterocycles. The van der Waals surface area contributed by atoms with Gasteiger partial charge in [0.15, 0.2) is 0 Å². The maximum Gasteiger partial charge on any atom is 0.387 e. The lowest BCUT2D eigenvalue weighted by Crippen LogP contribution is -2.38. The highest BCUT2D eigenvalue weighted by molar-refractivity contribution is 5.95. The second-order valence-electron chi connectivity index (χ2n) is 10.3. The maximum atomic E-state index is 13.3. The van der Waals surface area contributed by atoms with Crippen molar-refractivity contribution in [2.75, 3.05) is 18.4 Å². The molecule has 3 aromatic rings. The number of aromatic nitrogens is 3. The number of hydrogen-bond acceptors (Lipinski definition) is 7. The van der Waals surface area contributed by atoms with Gasteiger partial charge in [0.25, 0.3) is 5.91 Å². The molecule has 10 heteroatoms. The third kappa shape index (κ3) is 5.28. The van der Waals surface area contributed by atoms with E-state index in [1.165, 1.54) is 17.7 Å². The molecule has 0 spiro atoms. The number of nitriles is 1. The Balaban J connectivity index is 1.38. The predicted octanol–water partition coefficient (Wildman–Crippen LogP) is 5.48. The van der Waals surface area contributed by atoms with E-state index in [1.807, 2.05) is 0 Å². The van der Waals surface area contributed by atoms with Crippen LogP contribution in [0.15, 0.2) is 42.7 Å². The number of piperidine rings is 1. The number of halogens is 2. The number of ether oxygens (including phenoxy) is 1. The number of nitrogens with one attached hydrogen (secondary N) is 1. The molecule has 196 valence electrons. The molecule has 1 aliphatic carbocycles. The SMILES string of the molecule is CC1(C)CCc2ncc(-c3ccnc(Nc4ccc(C(=O)N5CCC(C#N)CC5)cc4OC(F)F)n3)cc21. The van der Waals surface area contributed by atoms with Gasteiger partial charge in [-0.3, -0.25) is 9.78 Å². The van der Waals surface area contributed by atoms with Crippen LogP contribution in [-0.2, 0) is 11.8 Å². The molecule has 38 heavy (non-hydrogen) atoms. The van der Waals surface area contributed by atoms with Crippen molar-refractivity contribution in [2.45, 2.75) is 51.6 Å². The maximum absolute atomic E-state index is 13.3. The average Bonchev–Trinajstić information content (AvgIpc) is 3.23. The fraction of sp³-hybridized carbons (Fsp3) is 0.393. The minimum atomic E-state index is -3.08. The van der Waals surface area contributed by atoms with Crippen LogP contribution in [-0.4, -0.2) is 45.5 Å². The van der Waals surface area contributed by atoms with Gasteiger partial charge >= 0.3 is 6.61 Å². The predicted molar refractivity (Wildman–Crippen MR) is 137 cm³/mol. The summed E-state index contributed by atoms with van der Waals surface area (Å²) in [5, 5.41) is 12.0. The molecule has 1 N–H and O–H groups in total. The number of fused-ring (bicyclic) bond motifs is 1. The molecule has 0 atom stereocenters. The first-order chi connectivity index (χ1) is 18.2. The summed E-state index contributed by atoms with van der Waals surface area (Å²) in [6.45, 7) is 2.20. The number of likely N-dealkylation sites (tertiary alicyclic amines) is 1. The summed E-state index contributed by atoms with van der Waals surface area (Å²) in [5.74, 6) is -0.359. The highest BCUT2D eigenvalue weighted by Crippen LogP contribution is 2.39. The molecular formula is C28H28F2N6O2. The van der Waals surface area contributed by atoms with Crippen LogP contribution in [0, 0.1) is 17.2 Å². The highest BCUT2D eigenvalue weighted by atomic mass is 19.3. The lowest BCUT2D eigenvalue weighted by Gasteiger charge is -2.29. The second-order valence-corrected chi connectivity index (χ2v) is 10.3. The van der Waals surface area contributed by atoms with E-state index in [-0.39, 0.29) is 40.2 Å². The molecule has 1 amide bonds. The smallest absolute Gasteiger partial charge is 0.387 e. The van der Waals surface area contributed by atoms with Gasteiger partial charge in [0.1, 0.15) is 5.75 Å².